The van der Waals surface area contributed by atoms with Crippen molar-refractivity contribution in [2.45, 2.75) is 18.4 Å². The van der Waals surface area contributed by atoms with Gasteiger partial charge in [0.2, 0.25) is 0 Å². The third-order valence-corrected chi connectivity index (χ3v) is 3.50. The van der Waals surface area contributed by atoms with Gasteiger partial charge < -0.3 is 10.8 Å². The summed E-state index contributed by atoms with van der Waals surface area (Å²) < 4.78 is 1.04. The van der Waals surface area contributed by atoms with Crippen molar-refractivity contribution in [2.24, 2.45) is 11.7 Å². The number of halogens is 1. The molecule has 0 unspecified atom stereocenters. The van der Waals surface area contributed by atoms with Gasteiger partial charge in [0.15, 0.2) is 0 Å². The molecule has 1 aliphatic rings. The molecule has 3 heteroatoms. The fraction of sp³-hybridized carbons (Fsp3) is 0.455. The average molecular weight is 256 g/mol. The number of nitrogens with two attached hydrogens (primary N) is 1. The third-order valence-electron chi connectivity index (χ3n) is 2.97. The van der Waals surface area contributed by atoms with Crippen LogP contribution in [0.3, 0.4) is 0 Å². The van der Waals surface area contributed by atoms with Crippen molar-refractivity contribution in [3.8, 4) is 0 Å². The molecule has 0 atom stereocenters. The van der Waals surface area contributed by atoms with Gasteiger partial charge in [-0.2, -0.15) is 0 Å². The quantitative estimate of drug-likeness (QED) is 0.850. The Morgan fingerprint density at radius 3 is 2.43 bits per heavy atom. The lowest BCUT2D eigenvalue weighted by molar-refractivity contribution is -0.0766. The highest BCUT2D eigenvalue weighted by Gasteiger charge is 2.42. The van der Waals surface area contributed by atoms with Crippen LogP contribution in [-0.2, 0) is 5.60 Å². The summed E-state index contributed by atoms with van der Waals surface area (Å²) in [6, 6.07) is 7.86. The number of hydrogen-bond acceptors (Lipinski definition) is 2. The van der Waals surface area contributed by atoms with E-state index in [4.69, 9.17) is 5.73 Å². The summed E-state index contributed by atoms with van der Waals surface area (Å²) in [5.41, 5.74) is 5.92. The van der Waals surface area contributed by atoms with Crippen molar-refractivity contribution in [1.82, 2.24) is 0 Å². The van der Waals surface area contributed by atoms with Crippen LogP contribution in [0.15, 0.2) is 28.7 Å². The average Bonchev–Trinajstić information content (AvgIpc) is 2.14. The molecule has 76 valence electrons. The molecular formula is C11H14BrNO. The van der Waals surface area contributed by atoms with Gasteiger partial charge >= 0.3 is 0 Å². The first kappa shape index (κ1) is 10.1. The third kappa shape index (κ3) is 1.72. The molecule has 1 saturated carbocycles. The molecule has 2 nitrogen and oxygen atoms in total. The van der Waals surface area contributed by atoms with Gasteiger partial charge in [0.05, 0.1) is 5.60 Å². The van der Waals surface area contributed by atoms with Crippen molar-refractivity contribution >= 4 is 15.9 Å². The van der Waals surface area contributed by atoms with E-state index >= 15 is 0 Å². The number of rotatable bonds is 2. The summed E-state index contributed by atoms with van der Waals surface area (Å²) >= 11 is 3.38. The Morgan fingerprint density at radius 2 is 1.93 bits per heavy atom. The van der Waals surface area contributed by atoms with Gasteiger partial charge in [0.25, 0.3) is 0 Å². The Balaban J connectivity index is 2.13. The van der Waals surface area contributed by atoms with Crippen molar-refractivity contribution in [1.29, 1.82) is 0 Å². The van der Waals surface area contributed by atoms with Crippen molar-refractivity contribution in [3.63, 3.8) is 0 Å². The maximum atomic E-state index is 10.2. The van der Waals surface area contributed by atoms with Crippen molar-refractivity contribution < 1.29 is 5.11 Å². The molecule has 1 aromatic rings. The fourth-order valence-corrected chi connectivity index (χ4v) is 2.32. The van der Waals surface area contributed by atoms with Crippen LogP contribution in [-0.4, -0.2) is 11.7 Å². The lowest BCUT2D eigenvalue weighted by Gasteiger charge is -2.43. The molecular weight excluding hydrogens is 242 g/mol. The molecule has 2 rings (SSSR count). The minimum absolute atomic E-state index is 0.489. The van der Waals surface area contributed by atoms with E-state index in [0.717, 1.165) is 22.9 Å². The van der Waals surface area contributed by atoms with Crippen LogP contribution in [0.25, 0.3) is 0 Å². The SMILES string of the molecule is NCC1CC(O)(c2ccc(Br)cc2)C1. The van der Waals surface area contributed by atoms with E-state index in [9.17, 15) is 5.11 Å². The van der Waals surface area contributed by atoms with E-state index in [1.54, 1.807) is 0 Å². The number of benzene rings is 1. The zero-order chi connectivity index (χ0) is 10.2. The molecule has 1 aliphatic carbocycles. The van der Waals surface area contributed by atoms with E-state index in [2.05, 4.69) is 15.9 Å². The minimum Gasteiger partial charge on any atom is -0.385 e. The predicted octanol–water partition coefficient (Wildman–Crippen LogP) is 2.01. The highest BCUT2D eigenvalue weighted by atomic mass is 79.9. The molecule has 0 heterocycles. The van der Waals surface area contributed by atoms with Crippen LogP contribution in [0.4, 0.5) is 0 Å². The Labute approximate surface area is 92.3 Å². The number of aliphatic hydroxyl groups is 1. The van der Waals surface area contributed by atoms with Crippen LogP contribution in [0, 0.1) is 5.92 Å². The van der Waals surface area contributed by atoms with Crippen LogP contribution in [0.1, 0.15) is 18.4 Å². The molecule has 0 amide bonds. The number of hydrogen-bond donors (Lipinski definition) is 2. The highest BCUT2D eigenvalue weighted by molar-refractivity contribution is 9.10. The van der Waals surface area contributed by atoms with Gasteiger partial charge in [-0.05, 0) is 43.0 Å². The zero-order valence-electron chi connectivity index (χ0n) is 7.91. The molecule has 0 aliphatic heterocycles. The second-order valence-corrected chi connectivity index (χ2v) is 4.96. The Hall–Kier alpha value is -0.380. The molecule has 0 bridgehead atoms. The molecule has 0 radical (unpaired) electrons. The maximum absolute atomic E-state index is 10.2. The van der Waals surface area contributed by atoms with Gasteiger partial charge in [-0.3, -0.25) is 0 Å². The Morgan fingerprint density at radius 1 is 1.36 bits per heavy atom. The normalized spacial score (nSPS) is 31.2. The van der Waals surface area contributed by atoms with E-state index in [1.807, 2.05) is 24.3 Å². The van der Waals surface area contributed by atoms with E-state index in [1.165, 1.54) is 0 Å². The van der Waals surface area contributed by atoms with Gasteiger partial charge in [-0.15, -0.1) is 0 Å². The topological polar surface area (TPSA) is 46.2 Å². The maximum Gasteiger partial charge on any atom is 0.0902 e. The predicted molar refractivity (Wildman–Crippen MR) is 59.8 cm³/mol. The van der Waals surface area contributed by atoms with Crippen LogP contribution in [0.2, 0.25) is 0 Å². The summed E-state index contributed by atoms with van der Waals surface area (Å²) in [6.07, 6.45) is 1.59. The molecule has 0 saturated heterocycles. The molecule has 1 fully saturated rings. The fourth-order valence-electron chi connectivity index (χ4n) is 2.06. The lowest BCUT2D eigenvalue weighted by atomic mass is 9.67. The monoisotopic (exact) mass is 255 g/mol. The second kappa shape index (κ2) is 3.65. The minimum atomic E-state index is -0.620. The molecule has 1 aromatic carbocycles. The smallest absolute Gasteiger partial charge is 0.0902 e. The first-order chi connectivity index (χ1) is 6.64. The van der Waals surface area contributed by atoms with Gasteiger partial charge in [0.1, 0.15) is 0 Å². The van der Waals surface area contributed by atoms with Crippen LogP contribution >= 0.6 is 15.9 Å². The zero-order valence-corrected chi connectivity index (χ0v) is 9.50. The molecule has 3 N–H and O–H groups in total. The van der Waals surface area contributed by atoms with E-state index in [-0.39, 0.29) is 0 Å². The summed E-state index contributed by atoms with van der Waals surface area (Å²) in [5, 5.41) is 10.2. The van der Waals surface area contributed by atoms with Gasteiger partial charge in [-0.25, -0.2) is 0 Å². The van der Waals surface area contributed by atoms with Crippen LogP contribution < -0.4 is 5.73 Å². The second-order valence-electron chi connectivity index (χ2n) is 4.05. The largest absolute Gasteiger partial charge is 0.385 e. The van der Waals surface area contributed by atoms with Crippen LogP contribution in [0.5, 0.6) is 0 Å². The van der Waals surface area contributed by atoms with Crippen molar-refractivity contribution in [2.75, 3.05) is 6.54 Å². The lowest BCUT2D eigenvalue weighted by Crippen LogP contribution is -2.44. The molecule has 0 aromatic heterocycles. The standard InChI is InChI=1S/C11H14BrNO/c12-10-3-1-9(2-4-10)11(14)5-8(6-11)7-13/h1-4,8,14H,5-7,13H2. The van der Waals surface area contributed by atoms with Gasteiger partial charge in [0, 0.05) is 4.47 Å². The summed E-state index contributed by atoms with van der Waals surface area (Å²) in [4.78, 5) is 0. The molecule has 14 heavy (non-hydrogen) atoms. The highest BCUT2D eigenvalue weighted by Crippen LogP contribution is 2.45. The van der Waals surface area contributed by atoms with Gasteiger partial charge in [-0.1, -0.05) is 28.1 Å². The van der Waals surface area contributed by atoms with E-state index < -0.39 is 5.60 Å². The Bertz CT molecular complexity index is 317. The van der Waals surface area contributed by atoms with Crippen molar-refractivity contribution in [3.05, 3.63) is 34.3 Å². The summed E-state index contributed by atoms with van der Waals surface area (Å²) in [6.45, 7) is 0.679. The summed E-state index contributed by atoms with van der Waals surface area (Å²) in [7, 11) is 0. The van der Waals surface area contributed by atoms with E-state index in [0.29, 0.717) is 12.5 Å². The first-order valence-electron chi connectivity index (χ1n) is 4.82. The molecule has 0 spiro atoms. The Kier molecular flexibility index (Phi) is 2.64. The summed E-state index contributed by atoms with van der Waals surface area (Å²) in [5.74, 6) is 0.489. The first-order valence-corrected chi connectivity index (χ1v) is 5.62.